The first-order chi connectivity index (χ1) is 8.22. The summed E-state index contributed by atoms with van der Waals surface area (Å²) in [5, 5.41) is 11.4. The summed E-state index contributed by atoms with van der Waals surface area (Å²) in [4.78, 5) is 0.218. The van der Waals surface area contributed by atoms with Crippen LogP contribution in [0.3, 0.4) is 0 Å². The number of nitrogens with two attached hydrogens (primary N) is 1. The first-order valence-electron chi connectivity index (χ1n) is 5.26. The Morgan fingerprint density at radius 2 is 2.53 bits per heavy atom. The molecule has 1 aromatic rings. The van der Waals surface area contributed by atoms with Crippen LogP contribution in [0.2, 0.25) is 0 Å². The Hall–Kier alpha value is -1.50. The van der Waals surface area contributed by atoms with E-state index >= 15 is 0 Å². The molecule has 0 bridgehead atoms. The predicted octanol–water partition coefficient (Wildman–Crippen LogP) is 1.28. The van der Waals surface area contributed by atoms with Gasteiger partial charge in [-0.25, -0.2) is 0 Å². The monoisotopic (exact) mass is 256 g/mol. The van der Waals surface area contributed by atoms with Gasteiger partial charge in [-0.1, -0.05) is 25.1 Å². The standard InChI is InChI=1S/C10H14FN5S/c1-2-3-6-17-10(12)15-13-7-9-4-5-16(11)14-8-9/h4-5,7-8,12H,2-3,6H2,1H3/p+1. The summed E-state index contributed by atoms with van der Waals surface area (Å²) in [5.74, 6) is 0.941. The van der Waals surface area contributed by atoms with Crippen molar-refractivity contribution in [3.8, 4) is 0 Å². The second kappa shape index (κ2) is 7.72. The molecule has 2 N–H and O–H groups in total. The Labute approximate surface area is 104 Å². The van der Waals surface area contributed by atoms with Gasteiger partial charge in [0.25, 0.3) is 6.20 Å². The van der Waals surface area contributed by atoms with E-state index in [0.29, 0.717) is 10.7 Å². The Balaban J connectivity index is 2.42. The van der Waals surface area contributed by atoms with Gasteiger partial charge in [-0.2, -0.15) is 5.10 Å². The lowest BCUT2D eigenvalue weighted by atomic mass is 10.3. The van der Waals surface area contributed by atoms with Gasteiger partial charge in [0.2, 0.25) is 0 Å². The topological polar surface area (TPSA) is 67.5 Å². The number of rotatable bonds is 5. The number of amidine groups is 1. The minimum atomic E-state index is 0.218. The van der Waals surface area contributed by atoms with E-state index < -0.39 is 0 Å². The van der Waals surface area contributed by atoms with E-state index in [1.165, 1.54) is 36.4 Å². The highest BCUT2D eigenvalue weighted by atomic mass is 32.2. The van der Waals surface area contributed by atoms with Crippen LogP contribution < -0.4 is 10.6 Å². The van der Waals surface area contributed by atoms with Gasteiger partial charge >= 0.3 is 0 Å². The molecule has 0 aliphatic rings. The van der Waals surface area contributed by atoms with Crippen LogP contribution in [0.25, 0.3) is 0 Å². The fraction of sp³-hybridized carbons (Fsp3) is 0.400. The molecule has 0 aliphatic carbocycles. The molecule has 5 nitrogen and oxygen atoms in total. The van der Waals surface area contributed by atoms with Crippen molar-refractivity contribution in [2.75, 3.05) is 5.75 Å². The van der Waals surface area contributed by atoms with Crippen molar-refractivity contribution in [1.29, 1.82) is 0 Å². The van der Waals surface area contributed by atoms with Crippen LogP contribution in [0, 0.1) is 0 Å². The zero-order chi connectivity index (χ0) is 12.5. The van der Waals surface area contributed by atoms with E-state index in [4.69, 9.17) is 5.73 Å². The van der Waals surface area contributed by atoms with Crippen molar-refractivity contribution in [2.24, 2.45) is 15.9 Å². The molecule has 0 radical (unpaired) electrons. The van der Waals surface area contributed by atoms with Crippen LogP contribution in [0.1, 0.15) is 25.3 Å². The normalized spacial score (nSPS) is 12.2. The Kier molecular flexibility index (Phi) is 6.16. The molecule has 1 aromatic heterocycles. The largest absolute Gasteiger partial charge is 0.377 e. The highest BCUT2D eigenvalue weighted by Gasteiger charge is 1.97. The SMILES string of the molecule is CCCCS/C(N)=N\N=C\c1cc[n+](F)nc1. The van der Waals surface area contributed by atoms with Gasteiger partial charge in [-0.3, -0.25) is 0 Å². The maximum atomic E-state index is 12.4. The first-order valence-corrected chi connectivity index (χ1v) is 6.24. The van der Waals surface area contributed by atoms with E-state index in [9.17, 15) is 4.48 Å². The number of hydrogen-bond acceptors (Lipinski definition) is 4. The van der Waals surface area contributed by atoms with Crippen molar-refractivity contribution in [2.45, 2.75) is 19.8 Å². The fourth-order valence-corrected chi connectivity index (χ4v) is 1.68. The van der Waals surface area contributed by atoms with Crippen molar-refractivity contribution >= 4 is 23.1 Å². The lowest BCUT2D eigenvalue weighted by molar-refractivity contribution is -0.891. The highest BCUT2D eigenvalue weighted by Crippen LogP contribution is 2.04. The Morgan fingerprint density at radius 1 is 1.71 bits per heavy atom. The molecule has 0 saturated heterocycles. The molecule has 0 aliphatic heterocycles. The maximum absolute atomic E-state index is 12.4. The average Bonchev–Trinajstić information content (AvgIpc) is 2.32. The number of unbranched alkanes of at least 4 members (excludes halogenated alkanes) is 1. The molecule has 0 spiro atoms. The van der Waals surface area contributed by atoms with Crippen LogP contribution in [-0.4, -0.2) is 22.2 Å². The third-order valence-corrected chi connectivity index (χ3v) is 2.69. The molecule has 0 saturated carbocycles. The molecule has 0 amide bonds. The van der Waals surface area contributed by atoms with E-state index in [2.05, 4.69) is 22.2 Å². The molecule has 17 heavy (non-hydrogen) atoms. The summed E-state index contributed by atoms with van der Waals surface area (Å²) in [5.41, 5.74) is 6.28. The smallest absolute Gasteiger partial charge is 0.251 e. The van der Waals surface area contributed by atoms with Crippen LogP contribution >= 0.6 is 11.8 Å². The quantitative estimate of drug-likeness (QED) is 0.373. The van der Waals surface area contributed by atoms with E-state index in [-0.39, 0.29) is 4.90 Å². The summed E-state index contributed by atoms with van der Waals surface area (Å²) in [7, 11) is 0. The van der Waals surface area contributed by atoms with Crippen molar-refractivity contribution in [3.05, 3.63) is 24.0 Å². The molecular weight excluding hydrogens is 241 g/mol. The molecule has 0 atom stereocenters. The van der Waals surface area contributed by atoms with Gasteiger partial charge in [0, 0.05) is 22.5 Å². The fourth-order valence-electron chi connectivity index (χ4n) is 0.930. The summed E-state index contributed by atoms with van der Waals surface area (Å²) in [6.45, 7) is 2.12. The second-order valence-electron chi connectivity index (χ2n) is 3.23. The predicted molar refractivity (Wildman–Crippen MR) is 67.5 cm³/mol. The molecule has 1 heterocycles. The van der Waals surface area contributed by atoms with Crippen LogP contribution in [-0.2, 0) is 0 Å². The van der Waals surface area contributed by atoms with Crippen LogP contribution in [0.15, 0.2) is 28.7 Å². The first kappa shape index (κ1) is 13.6. The molecule has 0 aromatic carbocycles. The summed E-state index contributed by atoms with van der Waals surface area (Å²) in [6.07, 6.45) is 6.23. The minimum Gasteiger partial charge on any atom is -0.377 e. The zero-order valence-corrected chi connectivity index (χ0v) is 10.4. The third kappa shape index (κ3) is 5.96. The Bertz CT molecular complexity index is 390. The lowest BCUT2D eigenvalue weighted by Crippen LogP contribution is -2.26. The number of nitrogens with zero attached hydrogens (tertiary/aromatic N) is 4. The van der Waals surface area contributed by atoms with Gasteiger partial charge < -0.3 is 5.73 Å². The zero-order valence-electron chi connectivity index (χ0n) is 9.58. The maximum Gasteiger partial charge on any atom is 0.251 e. The molecule has 92 valence electrons. The van der Waals surface area contributed by atoms with Gasteiger partial charge in [0.1, 0.15) is 15.6 Å². The lowest BCUT2D eigenvalue weighted by Gasteiger charge is -1.95. The third-order valence-electron chi connectivity index (χ3n) is 1.82. The molecule has 0 unspecified atom stereocenters. The van der Waals surface area contributed by atoms with Crippen molar-refractivity contribution < 1.29 is 9.39 Å². The van der Waals surface area contributed by atoms with Gasteiger partial charge in [0.05, 0.1) is 6.21 Å². The number of thioether (sulfide) groups is 1. The summed E-state index contributed by atoms with van der Waals surface area (Å²) in [6, 6.07) is 1.53. The highest BCUT2D eigenvalue weighted by molar-refractivity contribution is 8.13. The van der Waals surface area contributed by atoms with Crippen LogP contribution in [0.5, 0.6) is 0 Å². The Morgan fingerprint density at radius 3 is 3.18 bits per heavy atom. The van der Waals surface area contributed by atoms with Crippen molar-refractivity contribution in [1.82, 2.24) is 5.10 Å². The minimum absolute atomic E-state index is 0.218. The molecule has 7 heteroatoms. The van der Waals surface area contributed by atoms with Gasteiger partial charge in [-0.15, -0.1) is 5.10 Å². The van der Waals surface area contributed by atoms with E-state index in [1.807, 2.05) is 0 Å². The molecule has 1 rings (SSSR count). The molecular formula is C10H15FN5S+. The molecule has 0 fully saturated rings. The van der Waals surface area contributed by atoms with E-state index in [0.717, 1.165) is 18.6 Å². The van der Waals surface area contributed by atoms with Gasteiger partial charge in [0.15, 0.2) is 5.17 Å². The summed E-state index contributed by atoms with van der Waals surface area (Å²) < 4.78 is 12.4. The van der Waals surface area contributed by atoms with Crippen molar-refractivity contribution in [3.63, 3.8) is 0 Å². The van der Waals surface area contributed by atoms with Crippen LogP contribution in [0.4, 0.5) is 4.48 Å². The number of hydrogen-bond donors (Lipinski definition) is 1. The number of halogens is 1. The summed E-state index contributed by atoms with van der Waals surface area (Å²) >= 11 is 1.47. The number of aromatic nitrogens is 2. The van der Waals surface area contributed by atoms with Gasteiger partial charge in [-0.05, 0) is 6.42 Å². The second-order valence-corrected chi connectivity index (χ2v) is 4.35. The van der Waals surface area contributed by atoms with E-state index in [1.54, 1.807) is 0 Å². The average molecular weight is 256 g/mol.